The lowest BCUT2D eigenvalue weighted by Gasteiger charge is -2.66. The Morgan fingerprint density at radius 2 is 1.00 bits per heavy atom. The van der Waals surface area contributed by atoms with Crippen LogP contribution in [0, 0.1) is 22.2 Å². The lowest BCUT2D eigenvalue weighted by Crippen LogP contribution is -2.58. The summed E-state index contributed by atoms with van der Waals surface area (Å²) < 4.78 is 0. The molecule has 4 fully saturated rings. The quantitative estimate of drug-likeness (QED) is 0.642. The summed E-state index contributed by atoms with van der Waals surface area (Å²) in [6, 6.07) is 0. The van der Waals surface area contributed by atoms with Crippen molar-refractivity contribution in [3.05, 3.63) is 0 Å². The fourth-order valence-corrected chi connectivity index (χ4v) is 6.65. The molecule has 16 heavy (non-hydrogen) atoms. The molecule has 4 aliphatic rings. The van der Waals surface area contributed by atoms with Crippen molar-refractivity contribution in [3.8, 4) is 0 Å². The molecule has 0 aromatic heterocycles. The first kappa shape index (κ1) is 12.1. The van der Waals surface area contributed by atoms with Crippen LogP contribution in [0.4, 0.5) is 0 Å². The highest BCUT2D eigenvalue weighted by molar-refractivity contribution is 7.80. The molecule has 0 unspecified atom stereocenters. The molecule has 0 nitrogen and oxygen atoms in total. The van der Waals surface area contributed by atoms with Crippen LogP contribution in [-0.2, 0) is 0 Å². The molecule has 0 amide bonds. The molecular weight excluding hydrogens is 252 g/mol. The topological polar surface area (TPSA) is 0 Å². The normalized spacial score (nSPS) is 54.6. The third-order valence-electron chi connectivity index (χ3n) is 5.42. The second-order valence-electron chi connectivity index (χ2n) is 6.98. The van der Waals surface area contributed by atoms with E-state index >= 15 is 0 Å². The van der Waals surface area contributed by atoms with E-state index in [2.05, 4.69) is 37.9 Å². The molecule has 0 N–H and O–H groups in total. The molecule has 0 spiro atoms. The van der Waals surface area contributed by atoms with Gasteiger partial charge in [-0.15, -0.1) is 0 Å². The van der Waals surface area contributed by atoms with Gasteiger partial charge in [0.1, 0.15) is 0 Å². The zero-order valence-electron chi connectivity index (χ0n) is 9.78. The second kappa shape index (κ2) is 3.77. The summed E-state index contributed by atoms with van der Waals surface area (Å²) in [6.45, 7) is 0. The second-order valence-corrected chi connectivity index (χ2v) is 7.93. The van der Waals surface area contributed by atoms with Crippen molar-refractivity contribution in [2.75, 3.05) is 17.3 Å². The zero-order valence-corrected chi connectivity index (χ0v) is 12.5. The Morgan fingerprint density at radius 3 is 1.25 bits per heavy atom. The average Bonchev–Trinajstić information content (AvgIpc) is 2.28. The maximum absolute atomic E-state index is 4.67. The van der Waals surface area contributed by atoms with Gasteiger partial charge < -0.3 is 0 Å². The van der Waals surface area contributed by atoms with Gasteiger partial charge in [-0.05, 0) is 77.9 Å². The average molecular weight is 275 g/mol. The van der Waals surface area contributed by atoms with E-state index in [1.807, 2.05) is 0 Å². The Kier molecular flexibility index (Phi) is 2.85. The summed E-state index contributed by atoms with van der Waals surface area (Å²) in [7, 11) is 0. The van der Waals surface area contributed by atoms with Crippen LogP contribution in [0.5, 0.6) is 0 Å². The molecule has 92 valence electrons. The smallest absolute Gasteiger partial charge is 0.00406 e. The minimum atomic E-state index is 0.536. The van der Waals surface area contributed by atoms with E-state index in [9.17, 15) is 0 Å². The molecule has 3 heteroatoms. The van der Waals surface area contributed by atoms with Crippen LogP contribution in [0.1, 0.15) is 38.5 Å². The first-order valence-electron chi connectivity index (χ1n) is 6.42. The number of hydrogen-bond donors (Lipinski definition) is 3. The van der Waals surface area contributed by atoms with E-state index in [4.69, 9.17) is 0 Å². The van der Waals surface area contributed by atoms with E-state index < -0.39 is 0 Å². The van der Waals surface area contributed by atoms with E-state index in [1.165, 1.54) is 38.5 Å². The Hall–Kier alpha value is 1.05. The lowest BCUT2D eigenvalue weighted by atomic mass is 9.40. The molecule has 0 aliphatic heterocycles. The molecule has 4 aliphatic carbocycles. The highest BCUT2D eigenvalue weighted by atomic mass is 32.1. The molecule has 4 bridgehead atoms. The van der Waals surface area contributed by atoms with Crippen LogP contribution >= 0.6 is 37.9 Å². The van der Waals surface area contributed by atoms with Gasteiger partial charge in [0, 0.05) is 0 Å². The van der Waals surface area contributed by atoms with Crippen LogP contribution in [-0.4, -0.2) is 17.3 Å². The monoisotopic (exact) mass is 274 g/mol. The third kappa shape index (κ3) is 1.60. The summed E-state index contributed by atoms with van der Waals surface area (Å²) in [5.41, 5.74) is 1.61. The van der Waals surface area contributed by atoms with E-state index in [-0.39, 0.29) is 0 Å². The van der Waals surface area contributed by atoms with Crippen LogP contribution < -0.4 is 0 Å². The minimum Gasteiger partial charge on any atom is -0.179 e. The van der Waals surface area contributed by atoms with Crippen molar-refractivity contribution in [3.63, 3.8) is 0 Å². The largest absolute Gasteiger partial charge is 0.179 e. The van der Waals surface area contributed by atoms with Crippen molar-refractivity contribution in [2.24, 2.45) is 22.2 Å². The third-order valence-corrected chi connectivity index (χ3v) is 7.43. The van der Waals surface area contributed by atoms with Gasteiger partial charge >= 0.3 is 0 Å². The van der Waals surface area contributed by atoms with Crippen LogP contribution in [0.3, 0.4) is 0 Å². The summed E-state index contributed by atoms with van der Waals surface area (Å²) in [6.07, 6.45) is 8.46. The van der Waals surface area contributed by atoms with Gasteiger partial charge in [0.25, 0.3) is 0 Å². The number of rotatable bonds is 3. The van der Waals surface area contributed by atoms with Gasteiger partial charge in [0.2, 0.25) is 0 Å². The molecule has 0 radical (unpaired) electrons. The van der Waals surface area contributed by atoms with Gasteiger partial charge in [-0.25, -0.2) is 0 Å². The molecule has 0 aromatic carbocycles. The van der Waals surface area contributed by atoms with Crippen molar-refractivity contribution >= 4 is 37.9 Å². The minimum absolute atomic E-state index is 0.536. The first-order valence-corrected chi connectivity index (χ1v) is 8.31. The molecular formula is C13H22S3. The molecule has 0 heterocycles. The zero-order chi connectivity index (χ0) is 11.4. The maximum Gasteiger partial charge on any atom is -0.00406 e. The van der Waals surface area contributed by atoms with Gasteiger partial charge in [0.05, 0.1) is 0 Å². The summed E-state index contributed by atoms with van der Waals surface area (Å²) in [5, 5.41) is 0. The van der Waals surface area contributed by atoms with E-state index in [1.54, 1.807) is 0 Å². The lowest BCUT2D eigenvalue weighted by molar-refractivity contribution is -0.129. The van der Waals surface area contributed by atoms with E-state index in [0.717, 1.165) is 23.2 Å². The Morgan fingerprint density at radius 1 is 0.688 bits per heavy atom. The van der Waals surface area contributed by atoms with Crippen LogP contribution in [0.25, 0.3) is 0 Å². The molecule has 0 aromatic rings. The van der Waals surface area contributed by atoms with E-state index in [0.29, 0.717) is 16.2 Å². The highest BCUT2D eigenvalue weighted by Gasteiger charge is 2.61. The first-order chi connectivity index (χ1) is 7.59. The maximum atomic E-state index is 4.67. The predicted octanol–water partition coefficient (Wildman–Crippen LogP) is 3.73. The molecule has 4 saturated carbocycles. The standard InChI is InChI=1S/C13H22S3/c14-7-11-1-10-2-12(4-11,8-15)6-13(3-10,5-11)9-16/h10,14-16H,1-9H2. The summed E-state index contributed by atoms with van der Waals surface area (Å²) in [4.78, 5) is 0. The van der Waals surface area contributed by atoms with Crippen molar-refractivity contribution in [2.45, 2.75) is 38.5 Å². The SMILES string of the molecule is SCC12CC3CC(CS)(C1)CC(CS)(C3)C2. The van der Waals surface area contributed by atoms with Gasteiger partial charge in [-0.1, -0.05) is 0 Å². The summed E-state index contributed by atoms with van der Waals surface area (Å²) >= 11 is 14.0. The van der Waals surface area contributed by atoms with Gasteiger partial charge in [-0.2, -0.15) is 37.9 Å². The highest BCUT2D eigenvalue weighted by Crippen LogP contribution is 2.70. The molecule has 4 rings (SSSR count). The van der Waals surface area contributed by atoms with Gasteiger partial charge in [-0.3, -0.25) is 0 Å². The Bertz CT molecular complexity index is 246. The fourth-order valence-electron chi connectivity index (χ4n) is 5.59. The Labute approximate surface area is 116 Å². The van der Waals surface area contributed by atoms with Crippen molar-refractivity contribution < 1.29 is 0 Å². The molecule has 0 atom stereocenters. The van der Waals surface area contributed by atoms with Gasteiger partial charge in [0.15, 0.2) is 0 Å². The van der Waals surface area contributed by atoms with Crippen LogP contribution in [0.2, 0.25) is 0 Å². The summed E-state index contributed by atoms with van der Waals surface area (Å²) in [5.74, 6) is 4.18. The number of hydrogen-bond acceptors (Lipinski definition) is 3. The fraction of sp³-hybridized carbons (Fsp3) is 1.00. The predicted molar refractivity (Wildman–Crippen MR) is 80.1 cm³/mol. The molecule has 0 saturated heterocycles. The van der Waals surface area contributed by atoms with Crippen molar-refractivity contribution in [1.29, 1.82) is 0 Å². The van der Waals surface area contributed by atoms with Crippen LogP contribution in [0.15, 0.2) is 0 Å². The Balaban J connectivity index is 1.99. The van der Waals surface area contributed by atoms with Crippen molar-refractivity contribution in [1.82, 2.24) is 0 Å². The number of thiol groups is 3.